The average Bonchev–Trinajstić information content (AvgIpc) is 2.67. The number of nitrogens with zero attached hydrogens (tertiary/aromatic N) is 1. The van der Waals surface area contributed by atoms with E-state index in [-0.39, 0.29) is 6.61 Å². The highest BCUT2D eigenvalue weighted by molar-refractivity contribution is 5.82. The molecule has 130 valence electrons. The molecular formula is C21H18N2O3. The number of rotatable bonds is 7. The first-order valence-corrected chi connectivity index (χ1v) is 8.07. The minimum atomic E-state index is -0.504. The topological polar surface area (TPSA) is 73.9 Å². The molecule has 5 nitrogen and oxygen atoms in total. The Bertz CT molecular complexity index is 873. The van der Waals surface area contributed by atoms with E-state index in [0.29, 0.717) is 5.75 Å². The zero-order chi connectivity index (χ0) is 18.2. The first-order valence-electron chi connectivity index (χ1n) is 8.07. The summed E-state index contributed by atoms with van der Waals surface area (Å²) in [5, 5.41) is 0. The smallest absolute Gasteiger partial charge is 0.255 e. The van der Waals surface area contributed by atoms with Gasteiger partial charge in [0.15, 0.2) is 6.61 Å². The molecule has 26 heavy (non-hydrogen) atoms. The van der Waals surface area contributed by atoms with Gasteiger partial charge in [-0.3, -0.25) is 9.79 Å². The van der Waals surface area contributed by atoms with Crippen LogP contribution in [0, 0.1) is 0 Å². The number of amides is 1. The minimum absolute atomic E-state index is 0.134. The van der Waals surface area contributed by atoms with Gasteiger partial charge in [0.05, 0.1) is 5.69 Å². The van der Waals surface area contributed by atoms with E-state index in [2.05, 4.69) is 4.99 Å². The van der Waals surface area contributed by atoms with Gasteiger partial charge in [-0.25, -0.2) is 0 Å². The first kappa shape index (κ1) is 17.2. The molecule has 0 heterocycles. The molecule has 0 aliphatic heterocycles. The second kappa shape index (κ2) is 8.48. The molecule has 0 saturated heterocycles. The SMILES string of the molecule is NC(=O)COc1ccc(C=Nc2ccc(Oc3ccccc3)cc2)cc1. The fourth-order valence-electron chi connectivity index (χ4n) is 2.18. The zero-order valence-corrected chi connectivity index (χ0v) is 14.0. The number of benzene rings is 3. The van der Waals surface area contributed by atoms with E-state index < -0.39 is 5.91 Å². The summed E-state index contributed by atoms with van der Waals surface area (Å²) in [6.45, 7) is -0.134. The van der Waals surface area contributed by atoms with Crippen molar-refractivity contribution in [2.75, 3.05) is 6.61 Å². The van der Waals surface area contributed by atoms with E-state index in [1.807, 2.05) is 66.7 Å². The second-order valence-electron chi connectivity index (χ2n) is 5.49. The van der Waals surface area contributed by atoms with Crippen LogP contribution in [0.25, 0.3) is 0 Å². The largest absolute Gasteiger partial charge is 0.484 e. The van der Waals surface area contributed by atoms with Crippen LogP contribution in [0.4, 0.5) is 5.69 Å². The Hall–Kier alpha value is -3.60. The number of hydrogen-bond donors (Lipinski definition) is 1. The van der Waals surface area contributed by atoms with Gasteiger partial charge in [0.25, 0.3) is 5.91 Å². The highest BCUT2D eigenvalue weighted by Gasteiger charge is 1.98. The maximum absolute atomic E-state index is 10.7. The molecule has 0 bridgehead atoms. The highest BCUT2D eigenvalue weighted by Crippen LogP contribution is 2.23. The fourth-order valence-corrected chi connectivity index (χ4v) is 2.18. The van der Waals surface area contributed by atoms with Crippen LogP contribution >= 0.6 is 0 Å². The van der Waals surface area contributed by atoms with Crippen molar-refractivity contribution in [1.29, 1.82) is 0 Å². The van der Waals surface area contributed by atoms with Crippen molar-refractivity contribution in [2.45, 2.75) is 0 Å². The third-order valence-electron chi connectivity index (χ3n) is 3.44. The molecule has 1 amide bonds. The molecule has 3 aromatic carbocycles. The zero-order valence-electron chi connectivity index (χ0n) is 14.0. The quantitative estimate of drug-likeness (QED) is 0.655. The van der Waals surface area contributed by atoms with Crippen LogP contribution in [0.1, 0.15) is 5.56 Å². The molecule has 3 rings (SSSR count). The molecule has 0 unspecified atom stereocenters. The van der Waals surface area contributed by atoms with Crippen molar-refractivity contribution in [3.63, 3.8) is 0 Å². The predicted octanol–water partition coefficient (Wildman–Crippen LogP) is 4.09. The summed E-state index contributed by atoms with van der Waals surface area (Å²) in [6, 6.07) is 24.4. The normalized spacial score (nSPS) is 10.6. The number of primary amides is 1. The summed E-state index contributed by atoms with van der Waals surface area (Å²) >= 11 is 0. The van der Waals surface area contributed by atoms with Crippen LogP contribution in [-0.4, -0.2) is 18.7 Å². The molecular weight excluding hydrogens is 328 g/mol. The molecule has 3 aromatic rings. The van der Waals surface area contributed by atoms with Crippen molar-refractivity contribution in [1.82, 2.24) is 0 Å². The first-order chi connectivity index (χ1) is 12.7. The van der Waals surface area contributed by atoms with Gasteiger partial charge in [-0.1, -0.05) is 18.2 Å². The number of hydrogen-bond acceptors (Lipinski definition) is 4. The summed E-state index contributed by atoms with van der Waals surface area (Å²) < 4.78 is 11.0. The molecule has 0 spiro atoms. The standard InChI is InChI=1S/C21H18N2O3/c22-21(24)15-25-18-10-6-16(7-11-18)14-23-17-8-12-20(13-9-17)26-19-4-2-1-3-5-19/h1-14H,15H2,(H2,22,24). The summed E-state index contributed by atoms with van der Waals surface area (Å²) in [4.78, 5) is 15.1. The minimum Gasteiger partial charge on any atom is -0.484 e. The molecule has 0 fully saturated rings. The Morgan fingerprint density at radius 1 is 0.846 bits per heavy atom. The third kappa shape index (κ3) is 5.21. The number of ether oxygens (including phenoxy) is 2. The van der Waals surface area contributed by atoms with Gasteiger partial charge in [-0.05, 0) is 66.2 Å². The third-order valence-corrected chi connectivity index (χ3v) is 3.44. The predicted molar refractivity (Wildman–Crippen MR) is 101 cm³/mol. The summed E-state index contributed by atoms with van der Waals surface area (Å²) in [5.74, 6) is 1.63. The Kier molecular flexibility index (Phi) is 5.62. The summed E-state index contributed by atoms with van der Waals surface area (Å²) in [5.41, 5.74) is 6.78. The molecule has 0 atom stereocenters. The number of carbonyl (C=O) groups is 1. The van der Waals surface area contributed by atoms with E-state index in [4.69, 9.17) is 15.2 Å². The number of carbonyl (C=O) groups excluding carboxylic acids is 1. The molecule has 0 saturated carbocycles. The lowest BCUT2D eigenvalue weighted by molar-refractivity contribution is -0.119. The molecule has 5 heteroatoms. The monoisotopic (exact) mass is 346 g/mol. The van der Waals surface area contributed by atoms with Crippen LogP contribution in [0.5, 0.6) is 17.2 Å². The molecule has 0 radical (unpaired) electrons. The van der Waals surface area contributed by atoms with Crippen molar-refractivity contribution in [2.24, 2.45) is 10.7 Å². The van der Waals surface area contributed by atoms with Gasteiger partial charge in [0, 0.05) is 6.21 Å². The molecule has 0 aromatic heterocycles. The van der Waals surface area contributed by atoms with Gasteiger partial charge in [-0.15, -0.1) is 0 Å². The Morgan fingerprint density at radius 3 is 2.12 bits per heavy atom. The van der Waals surface area contributed by atoms with Crippen LogP contribution < -0.4 is 15.2 Å². The van der Waals surface area contributed by atoms with Crippen molar-refractivity contribution in [3.05, 3.63) is 84.4 Å². The van der Waals surface area contributed by atoms with E-state index in [9.17, 15) is 4.79 Å². The van der Waals surface area contributed by atoms with Crippen molar-refractivity contribution >= 4 is 17.8 Å². The van der Waals surface area contributed by atoms with Crippen molar-refractivity contribution < 1.29 is 14.3 Å². The Balaban J connectivity index is 1.59. The average molecular weight is 346 g/mol. The van der Waals surface area contributed by atoms with E-state index >= 15 is 0 Å². The van der Waals surface area contributed by atoms with E-state index in [0.717, 1.165) is 22.7 Å². The van der Waals surface area contributed by atoms with Crippen molar-refractivity contribution in [3.8, 4) is 17.2 Å². The van der Waals surface area contributed by atoms with Gasteiger partial charge in [0.2, 0.25) is 0 Å². The summed E-state index contributed by atoms with van der Waals surface area (Å²) in [7, 11) is 0. The Morgan fingerprint density at radius 2 is 1.46 bits per heavy atom. The second-order valence-corrected chi connectivity index (χ2v) is 5.49. The fraction of sp³-hybridized carbons (Fsp3) is 0.0476. The molecule has 0 aliphatic rings. The number of para-hydroxylation sites is 1. The maximum Gasteiger partial charge on any atom is 0.255 e. The lowest BCUT2D eigenvalue weighted by atomic mass is 10.2. The maximum atomic E-state index is 10.7. The highest BCUT2D eigenvalue weighted by atomic mass is 16.5. The van der Waals surface area contributed by atoms with E-state index in [1.165, 1.54) is 0 Å². The van der Waals surface area contributed by atoms with Gasteiger partial charge < -0.3 is 15.2 Å². The lowest BCUT2D eigenvalue weighted by Crippen LogP contribution is -2.19. The van der Waals surface area contributed by atoms with Crippen LogP contribution in [0.2, 0.25) is 0 Å². The lowest BCUT2D eigenvalue weighted by Gasteiger charge is -2.05. The summed E-state index contributed by atoms with van der Waals surface area (Å²) in [6.07, 6.45) is 1.75. The Labute approximate surface area is 151 Å². The van der Waals surface area contributed by atoms with Crippen LogP contribution in [0.15, 0.2) is 83.9 Å². The number of nitrogens with two attached hydrogens (primary N) is 1. The number of aliphatic imine (C=N–C) groups is 1. The molecule has 2 N–H and O–H groups in total. The molecule has 0 aliphatic carbocycles. The van der Waals surface area contributed by atoms with Crippen LogP contribution in [0.3, 0.4) is 0 Å². The van der Waals surface area contributed by atoms with Gasteiger partial charge in [-0.2, -0.15) is 0 Å². The van der Waals surface area contributed by atoms with Crippen LogP contribution in [-0.2, 0) is 4.79 Å². The van der Waals surface area contributed by atoms with Gasteiger partial charge >= 0.3 is 0 Å². The van der Waals surface area contributed by atoms with E-state index in [1.54, 1.807) is 18.3 Å². The van der Waals surface area contributed by atoms with Gasteiger partial charge in [0.1, 0.15) is 17.2 Å².